The summed E-state index contributed by atoms with van der Waals surface area (Å²) in [6, 6.07) is 5.39. The van der Waals surface area contributed by atoms with Gasteiger partial charge in [-0.2, -0.15) is 0 Å². The molecular weight excluding hydrogens is 246 g/mol. The molecule has 0 saturated heterocycles. The molecule has 1 aromatic carbocycles. The summed E-state index contributed by atoms with van der Waals surface area (Å²) in [5.74, 6) is 0.714. The molecule has 0 fully saturated rings. The topological polar surface area (TPSA) is 55.5 Å². The van der Waals surface area contributed by atoms with Gasteiger partial charge in [0.25, 0.3) is 0 Å². The van der Waals surface area contributed by atoms with Crippen molar-refractivity contribution < 1.29 is 9.84 Å². The lowest BCUT2D eigenvalue weighted by atomic mass is 10.3. The smallest absolute Gasteiger partial charge is 0.135 e. The van der Waals surface area contributed by atoms with Crippen LogP contribution in [-0.2, 0) is 0 Å². The summed E-state index contributed by atoms with van der Waals surface area (Å²) in [6.45, 7) is 2.22. The number of nitrogen functional groups attached to an aromatic ring is 1. The van der Waals surface area contributed by atoms with Gasteiger partial charge in [-0.25, -0.2) is 0 Å². The van der Waals surface area contributed by atoms with Gasteiger partial charge >= 0.3 is 0 Å². The third kappa shape index (κ3) is 3.55. The van der Waals surface area contributed by atoms with Gasteiger partial charge in [-0.05, 0) is 35.0 Å². The van der Waals surface area contributed by atoms with Crippen LogP contribution in [0.1, 0.15) is 13.3 Å². The predicted octanol–water partition coefficient (Wildman–Crippen LogP) is 2.18. The Hall–Kier alpha value is -0.740. The van der Waals surface area contributed by atoms with Gasteiger partial charge in [0, 0.05) is 18.2 Å². The van der Waals surface area contributed by atoms with E-state index in [0.717, 1.165) is 4.47 Å². The third-order valence-corrected chi connectivity index (χ3v) is 2.40. The molecule has 3 N–H and O–H groups in total. The quantitative estimate of drug-likeness (QED) is 0.816. The van der Waals surface area contributed by atoms with Gasteiger partial charge in [0.2, 0.25) is 0 Å². The van der Waals surface area contributed by atoms with Crippen molar-refractivity contribution in [3.63, 3.8) is 0 Å². The second-order valence-corrected chi connectivity index (χ2v) is 4.03. The highest BCUT2D eigenvalue weighted by Crippen LogP contribution is 2.27. The number of hydrogen-bond acceptors (Lipinski definition) is 3. The molecule has 4 heteroatoms. The Morgan fingerprint density at radius 3 is 2.93 bits per heavy atom. The number of ether oxygens (including phenoxy) is 1. The number of nitrogens with two attached hydrogens (primary N) is 1. The fourth-order valence-corrected chi connectivity index (χ4v) is 1.33. The van der Waals surface area contributed by atoms with Crippen molar-refractivity contribution in [1.29, 1.82) is 0 Å². The van der Waals surface area contributed by atoms with Crippen LogP contribution in [0.4, 0.5) is 5.69 Å². The molecule has 0 saturated carbocycles. The molecule has 3 nitrogen and oxygen atoms in total. The highest BCUT2D eigenvalue weighted by Gasteiger charge is 2.02. The molecule has 0 radical (unpaired) electrons. The van der Waals surface area contributed by atoms with Gasteiger partial charge in [-0.15, -0.1) is 0 Å². The maximum Gasteiger partial charge on any atom is 0.135 e. The maximum atomic E-state index is 9.04. The summed E-state index contributed by atoms with van der Waals surface area (Å²) in [7, 11) is 0. The zero-order valence-corrected chi connectivity index (χ0v) is 9.62. The van der Waals surface area contributed by atoms with E-state index in [4.69, 9.17) is 15.6 Å². The molecule has 0 aliphatic heterocycles. The number of hydrogen-bond donors (Lipinski definition) is 2. The highest BCUT2D eigenvalue weighted by molar-refractivity contribution is 9.10. The number of halogens is 1. The molecule has 14 heavy (non-hydrogen) atoms. The fourth-order valence-electron chi connectivity index (χ4n) is 0.970. The van der Waals surface area contributed by atoms with Gasteiger partial charge in [-0.1, -0.05) is 0 Å². The van der Waals surface area contributed by atoms with E-state index >= 15 is 0 Å². The Morgan fingerprint density at radius 2 is 2.29 bits per heavy atom. The number of benzene rings is 1. The minimum absolute atomic E-state index is 0.338. The minimum atomic E-state index is -0.338. The summed E-state index contributed by atoms with van der Waals surface area (Å²) >= 11 is 3.35. The van der Waals surface area contributed by atoms with Crippen LogP contribution in [0.2, 0.25) is 0 Å². The number of aliphatic hydroxyl groups is 1. The number of anilines is 1. The summed E-state index contributed by atoms with van der Waals surface area (Å²) in [5, 5.41) is 9.04. The molecule has 0 bridgehead atoms. The summed E-state index contributed by atoms with van der Waals surface area (Å²) < 4.78 is 6.31. The first kappa shape index (κ1) is 11.3. The summed E-state index contributed by atoms with van der Waals surface area (Å²) in [6.07, 6.45) is 0.274. The molecule has 1 atom stereocenters. The predicted molar refractivity (Wildman–Crippen MR) is 60.3 cm³/mol. The zero-order chi connectivity index (χ0) is 10.6. The standard InChI is InChI=1S/C10H14BrNO2/c1-7(13)4-5-14-10-6-8(12)2-3-9(10)11/h2-3,6-7,13H,4-5,12H2,1H3. The monoisotopic (exact) mass is 259 g/mol. The van der Waals surface area contributed by atoms with Crippen LogP contribution in [-0.4, -0.2) is 17.8 Å². The normalized spacial score (nSPS) is 12.5. The number of aliphatic hydroxyl groups excluding tert-OH is 1. The van der Waals surface area contributed by atoms with Crippen molar-refractivity contribution in [1.82, 2.24) is 0 Å². The van der Waals surface area contributed by atoms with E-state index < -0.39 is 0 Å². The Kier molecular flexibility index (Phi) is 4.22. The minimum Gasteiger partial charge on any atom is -0.492 e. The molecule has 0 aromatic heterocycles. The average molecular weight is 260 g/mol. The van der Waals surface area contributed by atoms with E-state index in [-0.39, 0.29) is 6.10 Å². The van der Waals surface area contributed by atoms with Crippen molar-refractivity contribution in [3.05, 3.63) is 22.7 Å². The molecule has 1 rings (SSSR count). The average Bonchev–Trinajstić information content (AvgIpc) is 2.10. The van der Waals surface area contributed by atoms with Crippen LogP contribution >= 0.6 is 15.9 Å². The lowest BCUT2D eigenvalue weighted by molar-refractivity contribution is 0.155. The Balaban J connectivity index is 2.53. The van der Waals surface area contributed by atoms with E-state index in [9.17, 15) is 0 Å². The fraction of sp³-hybridized carbons (Fsp3) is 0.400. The summed E-state index contributed by atoms with van der Waals surface area (Å²) in [5.41, 5.74) is 6.28. The van der Waals surface area contributed by atoms with Crippen LogP contribution in [0, 0.1) is 0 Å². The Bertz CT molecular complexity index is 302. The molecule has 0 spiro atoms. The van der Waals surface area contributed by atoms with E-state index in [1.165, 1.54) is 0 Å². The first-order valence-electron chi connectivity index (χ1n) is 4.45. The van der Waals surface area contributed by atoms with Gasteiger partial charge < -0.3 is 15.6 Å². The molecule has 1 aromatic rings. The highest BCUT2D eigenvalue weighted by atomic mass is 79.9. The van der Waals surface area contributed by atoms with Crippen molar-refractivity contribution in [2.75, 3.05) is 12.3 Å². The van der Waals surface area contributed by atoms with E-state index in [1.54, 1.807) is 19.1 Å². The van der Waals surface area contributed by atoms with Crippen LogP contribution in [0.3, 0.4) is 0 Å². The van der Waals surface area contributed by atoms with Crippen LogP contribution < -0.4 is 10.5 Å². The second-order valence-electron chi connectivity index (χ2n) is 3.18. The second kappa shape index (κ2) is 5.22. The first-order valence-corrected chi connectivity index (χ1v) is 5.25. The van der Waals surface area contributed by atoms with E-state index in [1.807, 2.05) is 6.07 Å². The van der Waals surface area contributed by atoms with Crippen molar-refractivity contribution in [2.45, 2.75) is 19.4 Å². The van der Waals surface area contributed by atoms with Crippen molar-refractivity contribution >= 4 is 21.6 Å². The first-order chi connectivity index (χ1) is 6.59. The van der Waals surface area contributed by atoms with Gasteiger partial charge in [-0.3, -0.25) is 0 Å². The van der Waals surface area contributed by atoms with E-state index in [0.29, 0.717) is 24.5 Å². The van der Waals surface area contributed by atoms with Crippen molar-refractivity contribution in [2.24, 2.45) is 0 Å². The molecule has 0 heterocycles. The lowest BCUT2D eigenvalue weighted by Gasteiger charge is -2.09. The van der Waals surface area contributed by atoms with Crippen LogP contribution in [0.15, 0.2) is 22.7 Å². The molecule has 0 aliphatic carbocycles. The van der Waals surface area contributed by atoms with Crippen molar-refractivity contribution in [3.8, 4) is 5.75 Å². The zero-order valence-electron chi connectivity index (χ0n) is 8.03. The largest absolute Gasteiger partial charge is 0.492 e. The van der Waals surface area contributed by atoms with Crippen LogP contribution in [0.5, 0.6) is 5.75 Å². The number of rotatable bonds is 4. The SMILES string of the molecule is CC(O)CCOc1cc(N)ccc1Br. The molecule has 0 amide bonds. The maximum absolute atomic E-state index is 9.04. The third-order valence-electron chi connectivity index (χ3n) is 1.75. The molecule has 0 aliphatic rings. The lowest BCUT2D eigenvalue weighted by Crippen LogP contribution is -2.07. The van der Waals surface area contributed by atoms with Gasteiger partial charge in [0.15, 0.2) is 0 Å². The molecular formula is C10H14BrNO2. The Morgan fingerprint density at radius 1 is 1.57 bits per heavy atom. The van der Waals surface area contributed by atoms with Crippen LogP contribution in [0.25, 0.3) is 0 Å². The molecule has 1 unspecified atom stereocenters. The van der Waals surface area contributed by atoms with Gasteiger partial charge in [0.05, 0.1) is 17.2 Å². The molecule has 78 valence electrons. The Labute approximate surface area is 92.0 Å². The van der Waals surface area contributed by atoms with E-state index in [2.05, 4.69) is 15.9 Å². The van der Waals surface area contributed by atoms with Gasteiger partial charge in [0.1, 0.15) is 5.75 Å². The summed E-state index contributed by atoms with van der Waals surface area (Å²) in [4.78, 5) is 0.